The van der Waals surface area contributed by atoms with Gasteiger partial charge in [0.15, 0.2) is 17.3 Å². The van der Waals surface area contributed by atoms with Gasteiger partial charge in [-0.05, 0) is 12.1 Å². The van der Waals surface area contributed by atoms with Gasteiger partial charge in [-0.15, -0.1) is 10.2 Å². The molecule has 0 saturated carbocycles. The fraction of sp³-hybridized carbons (Fsp3) is 0.200. The van der Waals surface area contributed by atoms with Crippen molar-refractivity contribution in [2.45, 2.75) is 0 Å². The van der Waals surface area contributed by atoms with Crippen LogP contribution in [0.25, 0.3) is 0 Å². The van der Waals surface area contributed by atoms with E-state index in [0.717, 1.165) is 0 Å². The Morgan fingerprint density at radius 3 is 2.65 bits per heavy atom. The lowest BCUT2D eigenvalue weighted by molar-refractivity contribution is 0.0593. The molecular formula is C10H11N5O2. The smallest absolute Gasteiger partial charge is 0.358 e. The first kappa shape index (κ1) is 11.1. The van der Waals surface area contributed by atoms with Crippen LogP contribution < -0.4 is 5.32 Å². The minimum atomic E-state index is -0.512. The molecule has 7 heteroatoms. The Hall–Kier alpha value is -2.44. The first-order valence-electron chi connectivity index (χ1n) is 4.88. The molecule has 0 aliphatic heterocycles. The topological polar surface area (TPSA) is 81.9 Å². The summed E-state index contributed by atoms with van der Waals surface area (Å²) in [7, 11) is 3.11. The molecule has 0 radical (unpaired) electrons. The van der Waals surface area contributed by atoms with Gasteiger partial charge in [-0.1, -0.05) is 0 Å². The third-order valence-electron chi connectivity index (χ3n) is 2.03. The third kappa shape index (κ3) is 2.57. The number of aromatic nitrogens is 4. The van der Waals surface area contributed by atoms with E-state index in [2.05, 4.69) is 25.3 Å². The highest BCUT2D eigenvalue weighted by molar-refractivity contribution is 5.87. The molecule has 2 aromatic heterocycles. The summed E-state index contributed by atoms with van der Waals surface area (Å²) in [4.78, 5) is 11.1. The maximum absolute atomic E-state index is 11.1. The van der Waals surface area contributed by atoms with Crippen LogP contribution in [0, 0.1) is 0 Å². The Morgan fingerprint density at radius 1 is 1.29 bits per heavy atom. The zero-order valence-corrected chi connectivity index (χ0v) is 9.41. The third-order valence-corrected chi connectivity index (χ3v) is 2.03. The van der Waals surface area contributed by atoms with Gasteiger partial charge >= 0.3 is 5.97 Å². The van der Waals surface area contributed by atoms with E-state index in [1.54, 1.807) is 23.0 Å². The van der Waals surface area contributed by atoms with Crippen LogP contribution in [0.1, 0.15) is 10.5 Å². The summed E-state index contributed by atoms with van der Waals surface area (Å²) >= 11 is 0. The largest absolute Gasteiger partial charge is 0.464 e. The predicted octanol–water partition coefficient (Wildman–Crippen LogP) is 0.740. The van der Waals surface area contributed by atoms with E-state index < -0.39 is 5.97 Å². The van der Waals surface area contributed by atoms with E-state index in [-0.39, 0.29) is 5.69 Å². The van der Waals surface area contributed by atoms with Gasteiger partial charge in [0.2, 0.25) is 0 Å². The molecule has 0 spiro atoms. The fourth-order valence-corrected chi connectivity index (χ4v) is 1.23. The zero-order chi connectivity index (χ0) is 12.3. The summed E-state index contributed by atoms with van der Waals surface area (Å²) in [5, 5.41) is 14.6. The van der Waals surface area contributed by atoms with Gasteiger partial charge in [0, 0.05) is 19.3 Å². The molecule has 0 aliphatic rings. The molecule has 0 bridgehead atoms. The van der Waals surface area contributed by atoms with Crippen LogP contribution in [0.4, 0.5) is 11.6 Å². The van der Waals surface area contributed by atoms with Crippen LogP contribution in [-0.2, 0) is 11.8 Å². The predicted molar refractivity (Wildman–Crippen MR) is 59.9 cm³/mol. The van der Waals surface area contributed by atoms with Gasteiger partial charge < -0.3 is 10.1 Å². The van der Waals surface area contributed by atoms with E-state index in [0.29, 0.717) is 11.6 Å². The summed E-state index contributed by atoms with van der Waals surface area (Å²) in [6, 6.07) is 4.97. The molecule has 0 saturated heterocycles. The number of ether oxygens (including phenoxy) is 1. The molecule has 17 heavy (non-hydrogen) atoms. The average molecular weight is 233 g/mol. The summed E-state index contributed by atoms with van der Waals surface area (Å²) in [5.74, 6) is 0.658. The molecule has 1 N–H and O–H groups in total. The molecule has 0 unspecified atom stereocenters. The van der Waals surface area contributed by atoms with Gasteiger partial charge in [0.25, 0.3) is 0 Å². The van der Waals surface area contributed by atoms with Crippen molar-refractivity contribution in [3.05, 3.63) is 30.1 Å². The number of nitrogens with one attached hydrogen (secondary N) is 1. The van der Waals surface area contributed by atoms with E-state index in [9.17, 15) is 4.79 Å². The molecule has 0 aliphatic carbocycles. The van der Waals surface area contributed by atoms with Crippen LogP contribution in [0.5, 0.6) is 0 Å². The highest BCUT2D eigenvalue weighted by Gasteiger charge is 2.07. The second-order valence-corrected chi connectivity index (χ2v) is 3.30. The molecular weight excluding hydrogens is 222 g/mol. The molecule has 88 valence electrons. The molecule has 7 nitrogen and oxygen atoms in total. The Balaban J connectivity index is 2.10. The summed E-state index contributed by atoms with van der Waals surface area (Å²) in [6.07, 6.45) is 1.80. The Morgan fingerprint density at radius 2 is 2.12 bits per heavy atom. The van der Waals surface area contributed by atoms with E-state index in [1.807, 2.05) is 7.05 Å². The van der Waals surface area contributed by atoms with Gasteiger partial charge in [-0.25, -0.2) is 4.79 Å². The highest BCUT2D eigenvalue weighted by Crippen LogP contribution is 2.10. The van der Waals surface area contributed by atoms with Crippen LogP contribution >= 0.6 is 0 Å². The van der Waals surface area contributed by atoms with Gasteiger partial charge in [-0.3, -0.25) is 4.68 Å². The molecule has 0 aromatic carbocycles. The second kappa shape index (κ2) is 4.60. The number of hydrogen-bond donors (Lipinski definition) is 1. The lowest BCUT2D eigenvalue weighted by Crippen LogP contribution is -2.06. The number of methoxy groups -OCH3 is 1. The monoisotopic (exact) mass is 233 g/mol. The minimum absolute atomic E-state index is 0.166. The van der Waals surface area contributed by atoms with E-state index in [4.69, 9.17) is 0 Å². The Bertz CT molecular complexity index is 520. The first-order valence-corrected chi connectivity index (χ1v) is 4.88. The maximum Gasteiger partial charge on any atom is 0.358 e. The average Bonchev–Trinajstić information content (AvgIpc) is 2.75. The molecule has 0 atom stereocenters. The number of carbonyl (C=O) groups excluding carboxylic acids is 1. The summed E-state index contributed by atoms with van der Waals surface area (Å²) in [6.45, 7) is 0. The quantitative estimate of drug-likeness (QED) is 0.787. The van der Waals surface area contributed by atoms with Crippen molar-refractivity contribution < 1.29 is 9.53 Å². The molecule has 0 fully saturated rings. The Labute approximate surface area is 97.4 Å². The van der Waals surface area contributed by atoms with Crippen molar-refractivity contribution in [2.24, 2.45) is 7.05 Å². The Kier molecular flexibility index (Phi) is 2.99. The number of nitrogens with zero attached hydrogens (tertiary/aromatic N) is 4. The molecule has 2 heterocycles. The molecule has 2 aromatic rings. The lowest BCUT2D eigenvalue weighted by atomic mass is 10.4. The van der Waals surface area contributed by atoms with Crippen LogP contribution in [-0.4, -0.2) is 33.1 Å². The standard InChI is InChI=1S/C10H11N5O2/c1-15-6-5-9(14-15)11-8-4-3-7(12-13-8)10(16)17-2/h3-6H,1-2H3,(H,11,13,14). The fourth-order valence-electron chi connectivity index (χ4n) is 1.23. The van der Waals surface area contributed by atoms with Gasteiger partial charge in [-0.2, -0.15) is 5.10 Å². The zero-order valence-electron chi connectivity index (χ0n) is 9.41. The van der Waals surface area contributed by atoms with Gasteiger partial charge in [0.05, 0.1) is 7.11 Å². The van der Waals surface area contributed by atoms with Crippen molar-refractivity contribution in [1.29, 1.82) is 0 Å². The number of rotatable bonds is 3. The molecule has 2 rings (SSSR count). The number of hydrogen-bond acceptors (Lipinski definition) is 6. The van der Waals surface area contributed by atoms with Crippen molar-refractivity contribution in [1.82, 2.24) is 20.0 Å². The van der Waals surface area contributed by atoms with Crippen LogP contribution in [0.15, 0.2) is 24.4 Å². The van der Waals surface area contributed by atoms with E-state index in [1.165, 1.54) is 13.2 Å². The summed E-state index contributed by atoms with van der Waals surface area (Å²) < 4.78 is 6.19. The second-order valence-electron chi connectivity index (χ2n) is 3.30. The van der Waals surface area contributed by atoms with Crippen LogP contribution in [0.2, 0.25) is 0 Å². The maximum atomic E-state index is 11.1. The number of anilines is 2. The van der Waals surface area contributed by atoms with Crippen molar-refractivity contribution in [2.75, 3.05) is 12.4 Å². The van der Waals surface area contributed by atoms with Crippen LogP contribution in [0.3, 0.4) is 0 Å². The first-order chi connectivity index (χ1) is 8.19. The molecule has 0 amide bonds. The normalized spacial score (nSPS) is 10.0. The number of esters is 1. The lowest BCUT2D eigenvalue weighted by Gasteiger charge is -2.01. The highest BCUT2D eigenvalue weighted by atomic mass is 16.5. The minimum Gasteiger partial charge on any atom is -0.464 e. The number of carbonyl (C=O) groups is 1. The van der Waals surface area contributed by atoms with Crippen molar-refractivity contribution in [3.63, 3.8) is 0 Å². The van der Waals surface area contributed by atoms with Gasteiger partial charge in [0.1, 0.15) is 0 Å². The van der Waals surface area contributed by atoms with Crippen molar-refractivity contribution >= 4 is 17.6 Å². The number of aryl methyl sites for hydroxylation is 1. The van der Waals surface area contributed by atoms with Crippen molar-refractivity contribution in [3.8, 4) is 0 Å². The SMILES string of the molecule is COC(=O)c1ccc(Nc2ccn(C)n2)nn1. The van der Waals surface area contributed by atoms with E-state index >= 15 is 0 Å². The summed E-state index contributed by atoms with van der Waals surface area (Å²) in [5.41, 5.74) is 0.166.